The summed E-state index contributed by atoms with van der Waals surface area (Å²) >= 11 is 0. The molecule has 6 nitrogen and oxygen atoms in total. The summed E-state index contributed by atoms with van der Waals surface area (Å²) < 4.78 is 22.5. The Morgan fingerprint density at radius 3 is 2.30 bits per heavy atom. The Balaban J connectivity index is 1.79. The standard InChI is InChI=1S/C20H18FNO5/c1-2-26-20(25)15-6-10-17(11-7-15)22-18(23)13-27-19(24)12-5-14-3-8-16(21)9-4-14/h3-12H,2,13H2,1H3,(H,22,23)/b12-5+. The number of rotatable bonds is 7. The summed E-state index contributed by atoms with van der Waals surface area (Å²) in [5.74, 6) is -2.05. The molecule has 2 rings (SSSR count). The van der Waals surface area contributed by atoms with E-state index in [-0.39, 0.29) is 12.4 Å². The number of carbonyl (C=O) groups is 3. The fourth-order valence-electron chi connectivity index (χ4n) is 2.02. The van der Waals surface area contributed by atoms with Crippen LogP contribution in [0, 0.1) is 5.82 Å². The van der Waals surface area contributed by atoms with Crippen molar-refractivity contribution in [2.24, 2.45) is 0 Å². The number of amides is 1. The number of ether oxygens (including phenoxy) is 2. The molecule has 0 bridgehead atoms. The Morgan fingerprint density at radius 1 is 1.00 bits per heavy atom. The third kappa shape index (κ3) is 6.74. The second-order valence-corrected chi connectivity index (χ2v) is 5.34. The zero-order valence-corrected chi connectivity index (χ0v) is 14.6. The van der Waals surface area contributed by atoms with E-state index in [1.807, 2.05) is 0 Å². The molecule has 0 aliphatic carbocycles. The maximum absolute atomic E-state index is 12.8. The minimum absolute atomic E-state index is 0.276. The average molecular weight is 371 g/mol. The molecule has 0 spiro atoms. The molecular formula is C20H18FNO5. The van der Waals surface area contributed by atoms with E-state index < -0.39 is 24.5 Å². The van der Waals surface area contributed by atoms with Gasteiger partial charge in [0.1, 0.15) is 5.82 Å². The number of esters is 2. The van der Waals surface area contributed by atoms with Crippen molar-refractivity contribution in [1.29, 1.82) is 0 Å². The molecule has 27 heavy (non-hydrogen) atoms. The molecule has 0 aromatic heterocycles. The number of benzene rings is 2. The van der Waals surface area contributed by atoms with E-state index >= 15 is 0 Å². The molecule has 0 saturated heterocycles. The van der Waals surface area contributed by atoms with Gasteiger partial charge in [-0.25, -0.2) is 14.0 Å². The lowest BCUT2D eigenvalue weighted by Crippen LogP contribution is -2.20. The molecule has 2 aromatic carbocycles. The molecule has 0 radical (unpaired) electrons. The van der Waals surface area contributed by atoms with Gasteiger partial charge in [-0.3, -0.25) is 4.79 Å². The lowest BCUT2D eigenvalue weighted by molar-refractivity contribution is -0.142. The lowest BCUT2D eigenvalue weighted by Gasteiger charge is -2.06. The van der Waals surface area contributed by atoms with Crippen molar-refractivity contribution in [2.75, 3.05) is 18.5 Å². The number of anilines is 1. The zero-order valence-electron chi connectivity index (χ0n) is 14.6. The fourth-order valence-corrected chi connectivity index (χ4v) is 2.02. The maximum atomic E-state index is 12.8. The van der Waals surface area contributed by atoms with Gasteiger partial charge >= 0.3 is 11.9 Å². The summed E-state index contributed by atoms with van der Waals surface area (Å²) in [5.41, 5.74) is 1.44. The van der Waals surface area contributed by atoms with Gasteiger partial charge in [-0.15, -0.1) is 0 Å². The van der Waals surface area contributed by atoms with E-state index in [9.17, 15) is 18.8 Å². The number of carbonyl (C=O) groups excluding carboxylic acids is 3. The van der Waals surface area contributed by atoms with Crippen LogP contribution in [0.25, 0.3) is 6.08 Å². The summed E-state index contributed by atoms with van der Waals surface area (Å²) in [4.78, 5) is 35.0. The molecule has 0 aliphatic heterocycles. The normalized spacial score (nSPS) is 10.4. The summed E-state index contributed by atoms with van der Waals surface area (Å²) in [5, 5.41) is 2.54. The van der Waals surface area contributed by atoms with Crippen molar-refractivity contribution >= 4 is 29.6 Å². The topological polar surface area (TPSA) is 81.7 Å². The van der Waals surface area contributed by atoms with Crippen LogP contribution < -0.4 is 5.32 Å². The van der Waals surface area contributed by atoms with Gasteiger partial charge in [0.15, 0.2) is 6.61 Å². The monoisotopic (exact) mass is 371 g/mol. The van der Waals surface area contributed by atoms with Gasteiger partial charge in [0.05, 0.1) is 12.2 Å². The molecule has 7 heteroatoms. The molecule has 1 N–H and O–H groups in total. The van der Waals surface area contributed by atoms with Crippen LogP contribution in [-0.2, 0) is 19.1 Å². The summed E-state index contributed by atoms with van der Waals surface area (Å²) in [7, 11) is 0. The predicted octanol–water partition coefficient (Wildman–Crippen LogP) is 3.20. The van der Waals surface area contributed by atoms with Crippen molar-refractivity contribution in [3.63, 3.8) is 0 Å². The number of hydrogen-bond donors (Lipinski definition) is 1. The molecular weight excluding hydrogens is 353 g/mol. The van der Waals surface area contributed by atoms with E-state index in [4.69, 9.17) is 9.47 Å². The molecule has 0 heterocycles. The predicted molar refractivity (Wildman–Crippen MR) is 97.4 cm³/mol. The molecule has 2 aromatic rings. The van der Waals surface area contributed by atoms with Gasteiger partial charge in [0, 0.05) is 11.8 Å². The van der Waals surface area contributed by atoms with Crippen molar-refractivity contribution in [3.05, 3.63) is 71.6 Å². The molecule has 0 saturated carbocycles. The third-order valence-electron chi connectivity index (χ3n) is 3.31. The maximum Gasteiger partial charge on any atom is 0.338 e. The molecule has 0 unspecified atom stereocenters. The Bertz CT molecular complexity index is 828. The van der Waals surface area contributed by atoms with Crippen molar-refractivity contribution < 1.29 is 28.2 Å². The van der Waals surface area contributed by atoms with E-state index in [0.29, 0.717) is 16.8 Å². The summed E-state index contributed by atoms with van der Waals surface area (Å²) in [6.07, 6.45) is 2.60. The number of halogens is 1. The average Bonchev–Trinajstić information content (AvgIpc) is 2.66. The first kappa shape index (κ1) is 19.8. The molecule has 140 valence electrons. The van der Waals surface area contributed by atoms with Gasteiger partial charge in [-0.2, -0.15) is 0 Å². The van der Waals surface area contributed by atoms with E-state index in [2.05, 4.69) is 5.32 Å². The third-order valence-corrected chi connectivity index (χ3v) is 3.31. The minimum Gasteiger partial charge on any atom is -0.462 e. The Kier molecular flexibility index (Phi) is 7.25. The van der Waals surface area contributed by atoms with Crippen LogP contribution in [0.3, 0.4) is 0 Å². The van der Waals surface area contributed by atoms with Gasteiger partial charge < -0.3 is 14.8 Å². The number of hydrogen-bond acceptors (Lipinski definition) is 5. The zero-order chi connectivity index (χ0) is 19.6. The highest BCUT2D eigenvalue weighted by atomic mass is 19.1. The Labute approximate surface area is 155 Å². The fraction of sp³-hybridized carbons (Fsp3) is 0.150. The van der Waals surface area contributed by atoms with Crippen molar-refractivity contribution in [1.82, 2.24) is 0 Å². The minimum atomic E-state index is -0.702. The number of nitrogens with one attached hydrogen (secondary N) is 1. The first-order chi connectivity index (χ1) is 13.0. The van der Waals surface area contributed by atoms with E-state index in [0.717, 1.165) is 6.08 Å². The van der Waals surface area contributed by atoms with Gasteiger partial charge in [-0.1, -0.05) is 12.1 Å². The molecule has 0 atom stereocenters. The van der Waals surface area contributed by atoms with Gasteiger partial charge in [0.25, 0.3) is 5.91 Å². The van der Waals surface area contributed by atoms with Gasteiger partial charge in [-0.05, 0) is 55.0 Å². The second-order valence-electron chi connectivity index (χ2n) is 5.34. The van der Waals surface area contributed by atoms with Crippen LogP contribution in [0.2, 0.25) is 0 Å². The molecule has 0 aliphatic rings. The van der Waals surface area contributed by atoms with E-state index in [1.165, 1.54) is 42.5 Å². The van der Waals surface area contributed by atoms with Crippen molar-refractivity contribution in [3.8, 4) is 0 Å². The van der Waals surface area contributed by atoms with Crippen LogP contribution in [0.1, 0.15) is 22.8 Å². The highest BCUT2D eigenvalue weighted by Crippen LogP contribution is 2.10. The van der Waals surface area contributed by atoms with Crippen LogP contribution in [0.15, 0.2) is 54.6 Å². The van der Waals surface area contributed by atoms with Crippen LogP contribution in [0.5, 0.6) is 0 Å². The van der Waals surface area contributed by atoms with Crippen LogP contribution >= 0.6 is 0 Å². The van der Waals surface area contributed by atoms with Crippen LogP contribution in [0.4, 0.5) is 10.1 Å². The van der Waals surface area contributed by atoms with E-state index in [1.54, 1.807) is 19.1 Å². The first-order valence-electron chi connectivity index (χ1n) is 8.15. The Hall–Kier alpha value is -3.48. The van der Waals surface area contributed by atoms with Crippen LogP contribution in [-0.4, -0.2) is 31.1 Å². The van der Waals surface area contributed by atoms with Gasteiger partial charge in [0.2, 0.25) is 0 Å². The quantitative estimate of drug-likeness (QED) is 0.597. The summed E-state index contributed by atoms with van der Waals surface area (Å²) in [6, 6.07) is 11.7. The molecule has 1 amide bonds. The summed E-state index contributed by atoms with van der Waals surface area (Å²) in [6.45, 7) is 1.52. The highest BCUT2D eigenvalue weighted by Gasteiger charge is 2.08. The Morgan fingerprint density at radius 2 is 1.67 bits per heavy atom. The SMILES string of the molecule is CCOC(=O)c1ccc(NC(=O)COC(=O)/C=C/c2ccc(F)cc2)cc1. The largest absolute Gasteiger partial charge is 0.462 e. The second kappa shape index (κ2) is 9.86. The highest BCUT2D eigenvalue weighted by molar-refractivity contribution is 5.95. The molecule has 0 fully saturated rings. The first-order valence-corrected chi connectivity index (χ1v) is 8.15. The van der Waals surface area contributed by atoms with Crippen molar-refractivity contribution in [2.45, 2.75) is 6.92 Å². The lowest BCUT2D eigenvalue weighted by atomic mass is 10.2. The smallest absolute Gasteiger partial charge is 0.338 e.